The maximum Gasteiger partial charge on any atom is 0.151 e. The van der Waals surface area contributed by atoms with E-state index in [1.54, 1.807) is 18.2 Å². The predicted molar refractivity (Wildman–Crippen MR) is 80.9 cm³/mol. The second kappa shape index (κ2) is 5.56. The highest BCUT2D eigenvalue weighted by Crippen LogP contribution is 2.24. The van der Waals surface area contributed by atoms with Gasteiger partial charge in [0.25, 0.3) is 0 Å². The molecule has 4 heteroatoms. The van der Waals surface area contributed by atoms with Crippen molar-refractivity contribution in [2.45, 2.75) is 26.3 Å². The number of phenolic OH excluding ortho intramolecular Hbond substituents is 1. The molecule has 1 heterocycles. The molecule has 3 rings (SSSR count). The van der Waals surface area contributed by atoms with Crippen LogP contribution < -0.4 is 0 Å². The molecular weight excluding hydrogens is 267 g/mol. The molecule has 0 aliphatic heterocycles. The Kier molecular flexibility index (Phi) is 3.60. The van der Waals surface area contributed by atoms with Crippen LogP contribution in [0.2, 0.25) is 0 Å². The van der Waals surface area contributed by atoms with E-state index in [0.29, 0.717) is 11.9 Å². The molecule has 0 amide bonds. The number of rotatable bonds is 4. The van der Waals surface area contributed by atoms with Crippen molar-refractivity contribution >= 4 is 11.0 Å². The molecule has 21 heavy (non-hydrogen) atoms. The lowest BCUT2D eigenvalue weighted by molar-refractivity contribution is 0.468. The lowest BCUT2D eigenvalue weighted by atomic mass is 10.1. The van der Waals surface area contributed by atoms with Crippen molar-refractivity contribution in [1.29, 1.82) is 0 Å². The predicted octanol–water partition coefficient (Wildman–Crippen LogP) is 3.88. The van der Waals surface area contributed by atoms with Crippen molar-refractivity contribution in [3.8, 4) is 5.75 Å². The van der Waals surface area contributed by atoms with Gasteiger partial charge in [-0.2, -0.15) is 0 Å². The van der Waals surface area contributed by atoms with Crippen LogP contribution in [0.3, 0.4) is 0 Å². The van der Waals surface area contributed by atoms with Crippen LogP contribution in [-0.2, 0) is 13.0 Å². The van der Waals surface area contributed by atoms with Crippen molar-refractivity contribution in [2.24, 2.45) is 0 Å². The zero-order valence-corrected chi connectivity index (χ0v) is 11.9. The van der Waals surface area contributed by atoms with Crippen molar-refractivity contribution in [3.05, 3.63) is 59.7 Å². The summed E-state index contributed by atoms with van der Waals surface area (Å²) in [5.41, 5.74) is 2.00. The van der Waals surface area contributed by atoms with Crippen molar-refractivity contribution in [1.82, 2.24) is 9.55 Å². The third kappa shape index (κ3) is 2.49. The van der Waals surface area contributed by atoms with Gasteiger partial charge in [-0.05, 0) is 24.6 Å². The van der Waals surface area contributed by atoms with E-state index in [9.17, 15) is 9.50 Å². The average molecular weight is 284 g/mol. The van der Waals surface area contributed by atoms with Gasteiger partial charge in [0.1, 0.15) is 17.1 Å². The Morgan fingerprint density at radius 3 is 2.71 bits per heavy atom. The Balaban J connectivity index is 2.11. The summed E-state index contributed by atoms with van der Waals surface area (Å²) in [5.74, 6) is 0.715. The second-order valence-electron chi connectivity index (χ2n) is 5.09. The summed E-state index contributed by atoms with van der Waals surface area (Å²) in [6, 6.07) is 12.2. The van der Waals surface area contributed by atoms with Gasteiger partial charge in [-0.3, -0.25) is 0 Å². The second-order valence-corrected chi connectivity index (χ2v) is 5.09. The normalized spacial score (nSPS) is 11.1. The molecule has 0 bridgehead atoms. The molecule has 3 aromatic rings. The van der Waals surface area contributed by atoms with Gasteiger partial charge < -0.3 is 9.67 Å². The topological polar surface area (TPSA) is 38.0 Å². The Morgan fingerprint density at radius 2 is 1.95 bits per heavy atom. The summed E-state index contributed by atoms with van der Waals surface area (Å²) in [6.45, 7) is 2.86. The minimum atomic E-state index is -0.305. The number of hydrogen-bond acceptors (Lipinski definition) is 2. The Bertz CT molecular complexity index is 780. The van der Waals surface area contributed by atoms with Gasteiger partial charge in [0.15, 0.2) is 5.82 Å². The van der Waals surface area contributed by atoms with Gasteiger partial charge in [-0.25, -0.2) is 9.37 Å². The van der Waals surface area contributed by atoms with Gasteiger partial charge >= 0.3 is 0 Å². The average Bonchev–Trinajstić information content (AvgIpc) is 2.82. The summed E-state index contributed by atoms with van der Waals surface area (Å²) in [6.07, 6.45) is 1.43. The number of phenols is 1. The van der Waals surface area contributed by atoms with Crippen LogP contribution in [0.25, 0.3) is 11.0 Å². The lowest BCUT2D eigenvalue weighted by Gasteiger charge is -2.08. The van der Waals surface area contributed by atoms with Crippen LogP contribution in [0.1, 0.15) is 24.7 Å². The fourth-order valence-corrected chi connectivity index (χ4v) is 2.60. The van der Waals surface area contributed by atoms with Crippen molar-refractivity contribution < 1.29 is 9.50 Å². The van der Waals surface area contributed by atoms with E-state index in [-0.39, 0.29) is 11.6 Å². The largest absolute Gasteiger partial charge is 0.508 e. The standard InChI is InChI=1S/C17H17FN2O/c1-2-10-20-14-8-5-7-13(18)17(14)19-16(20)11-12-6-3-4-9-15(12)21/h3-9,21H,2,10-11H2,1H3. The van der Waals surface area contributed by atoms with Gasteiger partial charge in [-0.15, -0.1) is 0 Å². The Labute approximate surface area is 122 Å². The van der Waals surface area contributed by atoms with E-state index in [0.717, 1.165) is 29.9 Å². The van der Waals surface area contributed by atoms with E-state index in [1.807, 2.05) is 22.8 Å². The van der Waals surface area contributed by atoms with E-state index in [1.165, 1.54) is 6.07 Å². The summed E-state index contributed by atoms with van der Waals surface area (Å²) >= 11 is 0. The molecule has 0 radical (unpaired) electrons. The lowest BCUT2D eigenvalue weighted by Crippen LogP contribution is -2.04. The number of nitrogens with zero attached hydrogens (tertiary/aromatic N) is 2. The van der Waals surface area contributed by atoms with E-state index < -0.39 is 0 Å². The number of para-hydroxylation sites is 2. The smallest absolute Gasteiger partial charge is 0.151 e. The SMILES string of the molecule is CCCn1c(Cc2ccccc2O)nc2c(F)cccc21. The highest BCUT2D eigenvalue weighted by molar-refractivity contribution is 5.76. The molecule has 108 valence electrons. The summed E-state index contributed by atoms with van der Waals surface area (Å²) in [7, 11) is 0. The van der Waals surface area contributed by atoms with E-state index >= 15 is 0 Å². The molecule has 0 atom stereocenters. The van der Waals surface area contributed by atoms with E-state index in [4.69, 9.17) is 0 Å². The first-order chi connectivity index (χ1) is 10.2. The third-order valence-electron chi connectivity index (χ3n) is 3.60. The minimum absolute atomic E-state index is 0.244. The summed E-state index contributed by atoms with van der Waals surface area (Å²) < 4.78 is 15.9. The molecule has 0 unspecified atom stereocenters. The number of fused-ring (bicyclic) bond motifs is 1. The number of aromatic hydroxyl groups is 1. The Morgan fingerprint density at radius 1 is 1.14 bits per heavy atom. The quantitative estimate of drug-likeness (QED) is 0.789. The van der Waals surface area contributed by atoms with Gasteiger partial charge in [0, 0.05) is 18.5 Å². The van der Waals surface area contributed by atoms with Gasteiger partial charge in [0.2, 0.25) is 0 Å². The van der Waals surface area contributed by atoms with Crippen LogP contribution in [0, 0.1) is 5.82 Å². The zero-order chi connectivity index (χ0) is 14.8. The highest BCUT2D eigenvalue weighted by atomic mass is 19.1. The van der Waals surface area contributed by atoms with Crippen molar-refractivity contribution in [3.63, 3.8) is 0 Å². The zero-order valence-electron chi connectivity index (χ0n) is 11.9. The molecule has 0 saturated heterocycles. The van der Waals surface area contributed by atoms with Gasteiger partial charge in [-0.1, -0.05) is 31.2 Å². The first kappa shape index (κ1) is 13.6. The molecule has 3 nitrogen and oxygen atoms in total. The first-order valence-corrected chi connectivity index (χ1v) is 7.11. The van der Waals surface area contributed by atoms with Crippen LogP contribution in [0.15, 0.2) is 42.5 Å². The third-order valence-corrected chi connectivity index (χ3v) is 3.60. The van der Waals surface area contributed by atoms with Crippen LogP contribution in [-0.4, -0.2) is 14.7 Å². The minimum Gasteiger partial charge on any atom is -0.508 e. The van der Waals surface area contributed by atoms with Gasteiger partial charge in [0.05, 0.1) is 5.52 Å². The molecule has 1 aromatic heterocycles. The number of halogens is 1. The number of benzene rings is 2. The maximum atomic E-state index is 13.9. The number of imidazole rings is 1. The summed E-state index contributed by atoms with van der Waals surface area (Å²) in [5, 5.41) is 9.91. The summed E-state index contributed by atoms with van der Waals surface area (Å²) in [4.78, 5) is 4.44. The number of aromatic nitrogens is 2. The maximum absolute atomic E-state index is 13.9. The number of hydrogen-bond donors (Lipinski definition) is 1. The Hall–Kier alpha value is -2.36. The van der Waals surface area contributed by atoms with Crippen molar-refractivity contribution in [2.75, 3.05) is 0 Å². The van der Waals surface area contributed by atoms with Crippen LogP contribution in [0.4, 0.5) is 4.39 Å². The van der Waals surface area contributed by atoms with Crippen LogP contribution >= 0.6 is 0 Å². The molecule has 0 spiro atoms. The fourth-order valence-electron chi connectivity index (χ4n) is 2.60. The molecular formula is C17H17FN2O. The fraction of sp³-hybridized carbons (Fsp3) is 0.235. The molecule has 2 aromatic carbocycles. The monoisotopic (exact) mass is 284 g/mol. The molecule has 1 N–H and O–H groups in total. The highest BCUT2D eigenvalue weighted by Gasteiger charge is 2.14. The molecule has 0 saturated carbocycles. The number of aryl methyl sites for hydroxylation is 1. The molecule has 0 fully saturated rings. The first-order valence-electron chi connectivity index (χ1n) is 7.11. The molecule has 0 aliphatic rings. The van der Waals surface area contributed by atoms with Crippen LogP contribution in [0.5, 0.6) is 5.75 Å². The molecule has 0 aliphatic carbocycles. The van der Waals surface area contributed by atoms with E-state index in [2.05, 4.69) is 11.9 Å².